The highest BCUT2D eigenvalue weighted by Gasteiger charge is 2.27. The lowest BCUT2D eigenvalue weighted by molar-refractivity contribution is -0.121. The van der Waals surface area contributed by atoms with Crippen molar-refractivity contribution in [1.82, 2.24) is 10.2 Å². The van der Waals surface area contributed by atoms with E-state index in [4.69, 9.17) is 5.73 Å². The Bertz CT molecular complexity index is 536. The lowest BCUT2D eigenvalue weighted by atomic mass is 10.00. The molecule has 1 aromatic rings. The molecule has 1 atom stereocenters. The largest absolute Gasteiger partial charge is 0.354 e. The Labute approximate surface area is 144 Å². The number of nitrogens with zero attached hydrogens (tertiary/aromatic N) is 1. The third-order valence-corrected chi connectivity index (χ3v) is 4.06. The molecule has 5 nitrogen and oxygen atoms in total. The van der Waals surface area contributed by atoms with Crippen LogP contribution in [0.25, 0.3) is 0 Å². The van der Waals surface area contributed by atoms with Crippen LogP contribution in [0.4, 0.5) is 0 Å². The van der Waals surface area contributed by atoms with Gasteiger partial charge in [-0.05, 0) is 38.3 Å². The average molecular weight is 340 g/mol. The predicted octanol–water partition coefficient (Wildman–Crippen LogP) is 1.88. The van der Waals surface area contributed by atoms with Gasteiger partial charge in [0.15, 0.2) is 0 Å². The minimum atomic E-state index is -0.0453. The summed E-state index contributed by atoms with van der Waals surface area (Å²) in [5, 5.41) is 2.89. The second-order valence-corrected chi connectivity index (χ2v) is 5.86. The molecule has 6 heteroatoms. The molecular weight excluding hydrogens is 314 g/mol. The number of aryl methyl sites for hydroxylation is 1. The van der Waals surface area contributed by atoms with E-state index in [0.29, 0.717) is 19.5 Å². The molecule has 0 bridgehead atoms. The minimum Gasteiger partial charge on any atom is -0.354 e. The van der Waals surface area contributed by atoms with Gasteiger partial charge in [-0.25, -0.2) is 0 Å². The van der Waals surface area contributed by atoms with Crippen molar-refractivity contribution in [2.75, 3.05) is 19.6 Å². The molecule has 0 aliphatic carbocycles. The van der Waals surface area contributed by atoms with E-state index in [2.05, 4.69) is 5.32 Å². The highest BCUT2D eigenvalue weighted by molar-refractivity contribution is 5.94. The summed E-state index contributed by atoms with van der Waals surface area (Å²) in [6.45, 7) is 3.60. The molecule has 0 saturated carbocycles. The zero-order valence-electron chi connectivity index (χ0n) is 13.6. The molecule has 1 heterocycles. The van der Waals surface area contributed by atoms with Crippen molar-refractivity contribution in [3.8, 4) is 0 Å². The van der Waals surface area contributed by atoms with E-state index in [1.165, 1.54) is 0 Å². The maximum atomic E-state index is 12.7. The van der Waals surface area contributed by atoms with Crippen molar-refractivity contribution in [3.63, 3.8) is 0 Å². The summed E-state index contributed by atoms with van der Waals surface area (Å²) in [5.41, 5.74) is 7.18. The van der Waals surface area contributed by atoms with Crippen molar-refractivity contribution in [1.29, 1.82) is 0 Å². The second kappa shape index (κ2) is 9.53. The van der Waals surface area contributed by atoms with Crippen LogP contribution in [0.15, 0.2) is 24.3 Å². The SMILES string of the molecule is Cc1cccc(C(=O)N2CCCCC2CNC(=O)CCN)c1.Cl. The molecule has 1 unspecified atom stereocenters. The summed E-state index contributed by atoms with van der Waals surface area (Å²) >= 11 is 0. The van der Waals surface area contributed by atoms with Gasteiger partial charge in [0.2, 0.25) is 5.91 Å². The molecule has 23 heavy (non-hydrogen) atoms. The fourth-order valence-corrected chi connectivity index (χ4v) is 2.88. The first-order chi connectivity index (χ1) is 10.6. The van der Waals surface area contributed by atoms with E-state index in [1.807, 2.05) is 36.1 Å². The first-order valence-electron chi connectivity index (χ1n) is 7.96. The van der Waals surface area contributed by atoms with Crippen LogP contribution < -0.4 is 11.1 Å². The Balaban J connectivity index is 0.00000264. The number of carbonyl (C=O) groups excluding carboxylic acids is 2. The van der Waals surface area contributed by atoms with Crippen LogP contribution in [-0.2, 0) is 4.79 Å². The Morgan fingerprint density at radius 3 is 2.83 bits per heavy atom. The van der Waals surface area contributed by atoms with E-state index in [9.17, 15) is 9.59 Å². The van der Waals surface area contributed by atoms with Gasteiger partial charge >= 0.3 is 0 Å². The van der Waals surface area contributed by atoms with Crippen LogP contribution in [0, 0.1) is 6.92 Å². The Morgan fingerprint density at radius 1 is 1.35 bits per heavy atom. The summed E-state index contributed by atoms with van der Waals surface area (Å²) < 4.78 is 0. The quantitative estimate of drug-likeness (QED) is 0.860. The lowest BCUT2D eigenvalue weighted by Crippen LogP contribution is -2.49. The number of likely N-dealkylation sites (tertiary alicyclic amines) is 1. The molecule has 1 aromatic carbocycles. The molecule has 0 spiro atoms. The molecule has 2 rings (SSSR count). The zero-order valence-corrected chi connectivity index (χ0v) is 14.4. The van der Waals surface area contributed by atoms with Gasteiger partial charge < -0.3 is 16.0 Å². The number of hydrogen-bond donors (Lipinski definition) is 2. The zero-order chi connectivity index (χ0) is 15.9. The van der Waals surface area contributed by atoms with E-state index in [-0.39, 0.29) is 30.3 Å². The Kier molecular flexibility index (Phi) is 8.06. The summed E-state index contributed by atoms with van der Waals surface area (Å²) in [5.74, 6) is 0.0116. The number of rotatable bonds is 5. The van der Waals surface area contributed by atoms with Gasteiger partial charge in [0.25, 0.3) is 5.91 Å². The van der Waals surface area contributed by atoms with Gasteiger partial charge in [-0.3, -0.25) is 9.59 Å². The fraction of sp³-hybridized carbons (Fsp3) is 0.529. The van der Waals surface area contributed by atoms with Crippen molar-refractivity contribution in [3.05, 3.63) is 35.4 Å². The van der Waals surface area contributed by atoms with E-state index >= 15 is 0 Å². The summed E-state index contributed by atoms with van der Waals surface area (Å²) in [6, 6.07) is 7.74. The van der Waals surface area contributed by atoms with Crippen LogP contribution in [0.5, 0.6) is 0 Å². The van der Waals surface area contributed by atoms with Crippen LogP contribution in [0.2, 0.25) is 0 Å². The summed E-state index contributed by atoms with van der Waals surface area (Å²) in [6.07, 6.45) is 3.37. The fourth-order valence-electron chi connectivity index (χ4n) is 2.88. The molecule has 2 amide bonds. The maximum absolute atomic E-state index is 12.7. The average Bonchev–Trinajstić information content (AvgIpc) is 2.53. The van der Waals surface area contributed by atoms with Crippen LogP contribution in [0.1, 0.15) is 41.6 Å². The Morgan fingerprint density at radius 2 is 2.13 bits per heavy atom. The van der Waals surface area contributed by atoms with Gasteiger partial charge in [-0.2, -0.15) is 0 Å². The third-order valence-electron chi connectivity index (χ3n) is 4.06. The first kappa shape index (κ1) is 19.5. The first-order valence-corrected chi connectivity index (χ1v) is 7.96. The molecule has 128 valence electrons. The van der Waals surface area contributed by atoms with Crippen molar-refractivity contribution < 1.29 is 9.59 Å². The summed E-state index contributed by atoms with van der Waals surface area (Å²) in [4.78, 5) is 26.2. The molecule has 1 aliphatic heterocycles. The molecule has 1 fully saturated rings. The van der Waals surface area contributed by atoms with Gasteiger partial charge in [0, 0.05) is 37.7 Å². The normalized spacial score (nSPS) is 17.3. The molecule has 0 radical (unpaired) electrons. The van der Waals surface area contributed by atoms with Crippen molar-refractivity contribution in [2.45, 2.75) is 38.6 Å². The number of piperidine rings is 1. The van der Waals surface area contributed by atoms with Crippen molar-refractivity contribution >= 4 is 24.2 Å². The van der Waals surface area contributed by atoms with Crippen LogP contribution in [-0.4, -0.2) is 42.4 Å². The molecule has 1 saturated heterocycles. The van der Waals surface area contributed by atoms with Gasteiger partial charge in [-0.15, -0.1) is 12.4 Å². The number of nitrogens with one attached hydrogen (secondary N) is 1. The van der Waals surface area contributed by atoms with E-state index in [0.717, 1.165) is 36.9 Å². The highest BCUT2D eigenvalue weighted by Crippen LogP contribution is 2.19. The number of amides is 2. The predicted molar refractivity (Wildman–Crippen MR) is 93.8 cm³/mol. The highest BCUT2D eigenvalue weighted by atomic mass is 35.5. The standard InChI is InChI=1S/C17H25N3O2.ClH/c1-13-5-4-6-14(11-13)17(22)20-10-3-2-7-15(20)12-19-16(21)8-9-18;/h4-6,11,15H,2-3,7-10,12,18H2,1H3,(H,19,21);1H. The van der Waals surface area contributed by atoms with Gasteiger partial charge in [0.1, 0.15) is 0 Å². The molecule has 3 N–H and O–H groups in total. The number of halogens is 1. The molecular formula is C17H26ClN3O2. The van der Waals surface area contributed by atoms with Crippen LogP contribution >= 0.6 is 12.4 Å². The molecule has 0 aromatic heterocycles. The monoisotopic (exact) mass is 339 g/mol. The number of benzene rings is 1. The summed E-state index contributed by atoms with van der Waals surface area (Å²) in [7, 11) is 0. The van der Waals surface area contributed by atoms with E-state index < -0.39 is 0 Å². The smallest absolute Gasteiger partial charge is 0.254 e. The van der Waals surface area contributed by atoms with Crippen molar-refractivity contribution in [2.24, 2.45) is 5.73 Å². The van der Waals surface area contributed by atoms with Crippen LogP contribution in [0.3, 0.4) is 0 Å². The van der Waals surface area contributed by atoms with Gasteiger partial charge in [0.05, 0.1) is 0 Å². The van der Waals surface area contributed by atoms with Gasteiger partial charge in [-0.1, -0.05) is 17.7 Å². The molecule has 1 aliphatic rings. The topological polar surface area (TPSA) is 75.4 Å². The second-order valence-electron chi connectivity index (χ2n) is 5.86. The third kappa shape index (κ3) is 5.52. The lowest BCUT2D eigenvalue weighted by Gasteiger charge is -2.36. The number of nitrogens with two attached hydrogens (primary N) is 1. The Hall–Kier alpha value is -1.59. The maximum Gasteiger partial charge on any atom is 0.254 e. The number of carbonyl (C=O) groups is 2. The van der Waals surface area contributed by atoms with E-state index in [1.54, 1.807) is 0 Å². The number of hydrogen-bond acceptors (Lipinski definition) is 3. The minimum absolute atomic E-state index is 0.